The van der Waals surface area contributed by atoms with Gasteiger partial charge in [0.2, 0.25) is 0 Å². The van der Waals surface area contributed by atoms with E-state index in [9.17, 15) is 4.79 Å². The summed E-state index contributed by atoms with van der Waals surface area (Å²) in [5.74, 6) is 0.463. The smallest absolute Gasteiger partial charge is 0.161 e. The summed E-state index contributed by atoms with van der Waals surface area (Å²) in [6, 6.07) is 5.92. The Hall–Kier alpha value is -0.380. The Morgan fingerprint density at radius 2 is 2.29 bits per heavy atom. The Balaban J connectivity index is 2.85. The van der Waals surface area contributed by atoms with Gasteiger partial charge >= 0.3 is 0 Å². The molecule has 1 aromatic heterocycles. The number of alkyl halides is 1. The molecule has 1 aromatic carbocycles. The van der Waals surface area contributed by atoms with E-state index in [2.05, 4.69) is 15.9 Å². The summed E-state index contributed by atoms with van der Waals surface area (Å²) in [5, 5.41) is 1.06. The molecule has 1 nitrogen and oxygen atoms in total. The first-order valence-corrected chi connectivity index (χ1v) is 6.13. The molecular weight excluding hydrogens is 284 g/mol. The minimum Gasteiger partial charge on any atom is -0.297 e. The molecule has 1 heterocycles. The van der Waals surface area contributed by atoms with Crippen molar-refractivity contribution in [3.8, 4) is 0 Å². The summed E-state index contributed by atoms with van der Waals surface area (Å²) in [6.07, 6.45) is 0.868. The maximum absolute atomic E-state index is 10.7. The van der Waals surface area contributed by atoms with Crippen molar-refractivity contribution >= 4 is 55.2 Å². The van der Waals surface area contributed by atoms with Crippen LogP contribution in [-0.2, 0) is 5.88 Å². The highest BCUT2D eigenvalue weighted by molar-refractivity contribution is 9.10. The third-order valence-corrected chi connectivity index (χ3v) is 4.47. The lowest BCUT2D eigenvalue weighted by molar-refractivity contribution is 0.112. The lowest BCUT2D eigenvalue weighted by Gasteiger charge is -1.97. The van der Waals surface area contributed by atoms with Gasteiger partial charge in [-0.1, -0.05) is 12.1 Å². The number of thiophene rings is 1. The van der Waals surface area contributed by atoms with E-state index in [1.54, 1.807) is 0 Å². The standard InChI is InChI=1S/C10H6BrClOS/c11-10-8(5-13)14-7-3-1-2-6(4-12)9(7)10/h1-3,5H,4H2. The SMILES string of the molecule is O=Cc1sc2cccc(CCl)c2c1Br. The first-order chi connectivity index (χ1) is 6.77. The van der Waals surface area contributed by atoms with Crippen LogP contribution in [0.3, 0.4) is 0 Å². The average molecular weight is 290 g/mol. The molecule has 0 bridgehead atoms. The first-order valence-electron chi connectivity index (χ1n) is 3.99. The van der Waals surface area contributed by atoms with Gasteiger partial charge in [-0.15, -0.1) is 22.9 Å². The van der Waals surface area contributed by atoms with Crippen molar-refractivity contribution in [1.82, 2.24) is 0 Å². The van der Waals surface area contributed by atoms with E-state index in [1.807, 2.05) is 18.2 Å². The summed E-state index contributed by atoms with van der Waals surface area (Å²) < 4.78 is 1.96. The summed E-state index contributed by atoms with van der Waals surface area (Å²) in [7, 11) is 0. The number of hydrogen-bond acceptors (Lipinski definition) is 2. The Morgan fingerprint density at radius 3 is 2.93 bits per heavy atom. The van der Waals surface area contributed by atoms with Crippen molar-refractivity contribution in [2.45, 2.75) is 5.88 Å². The van der Waals surface area contributed by atoms with Crippen LogP contribution in [0.15, 0.2) is 22.7 Å². The number of carbonyl (C=O) groups is 1. The molecule has 0 fully saturated rings. The molecule has 0 aliphatic carbocycles. The van der Waals surface area contributed by atoms with Gasteiger partial charge < -0.3 is 0 Å². The Labute approximate surface area is 98.8 Å². The normalized spacial score (nSPS) is 10.7. The lowest BCUT2D eigenvalue weighted by Crippen LogP contribution is -1.79. The van der Waals surface area contributed by atoms with Gasteiger partial charge in [0.1, 0.15) is 0 Å². The molecule has 0 atom stereocenters. The Bertz CT molecular complexity index is 492. The van der Waals surface area contributed by atoms with Crippen molar-refractivity contribution in [3.05, 3.63) is 33.1 Å². The summed E-state index contributed by atoms with van der Waals surface area (Å²) in [4.78, 5) is 11.5. The predicted octanol–water partition coefficient (Wildman–Crippen LogP) is 4.22. The summed E-state index contributed by atoms with van der Waals surface area (Å²) in [5.41, 5.74) is 1.06. The molecule has 0 N–H and O–H groups in total. The van der Waals surface area contributed by atoms with Gasteiger partial charge in [-0.3, -0.25) is 4.79 Å². The number of rotatable bonds is 2. The minimum atomic E-state index is 0.463. The van der Waals surface area contributed by atoms with E-state index < -0.39 is 0 Å². The van der Waals surface area contributed by atoms with Crippen LogP contribution < -0.4 is 0 Å². The predicted molar refractivity (Wildman–Crippen MR) is 64.5 cm³/mol. The number of hydrogen-bond donors (Lipinski definition) is 0. The van der Waals surface area contributed by atoms with Crippen LogP contribution >= 0.6 is 38.9 Å². The van der Waals surface area contributed by atoms with Gasteiger partial charge in [0, 0.05) is 20.4 Å². The zero-order chi connectivity index (χ0) is 10.1. The topological polar surface area (TPSA) is 17.1 Å². The van der Waals surface area contributed by atoms with Crippen LogP contribution in [0.5, 0.6) is 0 Å². The first kappa shape index (κ1) is 10.1. The third kappa shape index (κ3) is 1.49. The Kier molecular flexibility index (Phi) is 2.91. The highest BCUT2D eigenvalue weighted by Gasteiger charge is 2.11. The fraction of sp³-hybridized carbons (Fsp3) is 0.100. The van der Waals surface area contributed by atoms with Gasteiger partial charge in [0.25, 0.3) is 0 Å². The molecule has 0 aliphatic heterocycles. The van der Waals surface area contributed by atoms with Gasteiger partial charge in [-0.05, 0) is 27.6 Å². The fourth-order valence-electron chi connectivity index (χ4n) is 1.38. The molecule has 2 aromatic rings. The second-order valence-corrected chi connectivity index (χ2v) is 4.97. The highest BCUT2D eigenvalue weighted by atomic mass is 79.9. The lowest BCUT2D eigenvalue weighted by atomic mass is 10.1. The molecule has 0 amide bonds. The van der Waals surface area contributed by atoms with E-state index in [0.29, 0.717) is 5.88 Å². The number of halogens is 2. The van der Waals surface area contributed by atoms with Crippen molar-refractivity contribution in [2.24, 2.45) is 0 Å². The van der Waals surface area contributed by atoms with E-state index in [-0.39, 0.29) is 0 Å². The average Bonchev–Trinajstić information content (AvgIpc) is 2.55. The second kappa shape index (κ2) is 4.01. The van der Waals surface area contributed by atoms with Gasteiger partial charge in [0.05, 0.1) is 4.88 Å². The largest absolute Gasteiger partial charge is 0.297 e. The van der Waals surface area contributed by atoms with E-state index >= 15 is 0 Å². The van der Waals surface area contributed by atoms with Crippen LogP contribution in [-0.4, -0.2) is 6.29 Å². The van der Waals surface area contributed by atoms with Gasteiger partial charge in [0.15, 0.2) is 6.29 Å². The molecule has 72 valence electrons. The maximum atomic E-state index is 10.7. The molecule has 4 heteroatoms. The van der Waals surface area contributed by atoms with E-state index in [0.717, 1.165) is 31.3 Å². The van der Waals surface area contributed by atoms with Crippen molar-refractivity contribution < 1.29 is 4.79 Å². The van der Waals surface area contributed by atoms with Crippen LogP contribution in [0.25, 0.3) is 10.1 Å². The molecule has 0 saturated heterocycles. The molecule has 14 heavy (non-hydrogen) atoms. The summed E-state index contributed by atoms with van der Waals surface area (Å²) >= 11 is 10.7. The molecular formula is C10H6BrClOS. The quantitative estimate of drug-likeness (QED) is 0.598. The van der Waals surface area contributed by atoms with Gasteiger partial charge in [-0.2, -0.15) is 0 Å². The van der Waals surface area contributed by atoms with Crippen LogP contribution in [0.4, 0.5) is 0 Å². The maximum Gasteiger partial charge on any atom is 0.161 e. The molecule has 0 radical (unpaired) electrons. The Morgan fingerprint density at radius 1 is 1.50 bits per heavy atom. The van der Waals surface area contributed by atoms with E-state index in [4.69, 9.17) is 11.6 Å². The zero-order valence-corrected chi connectivity index (χ0v) is 10.2. The monoisotopic (exact) mass is 288 g/mol. The zero-order valence-electron chi connectivity index (χ0n) is 7.09. The number of aldehydes is 1. The van der Waals surface area contributed by atoms with Crippen LogP contribution in [0, 0.1) is 0 Å². The number of fused-ring (bicyclic) bond motifs is 1. The molecule has 2 rings (SSSR count). The highest BCUT2D eigenvalue weighted by Crippen LogP contribution is 2.37. The summed E-state index contributed by atoms with van der Waals surface area (Å²) in [6.45, 7) is 0. The van der Waals surface area contributed by atoms with Crippen molar-refractivity contribution in [3.63, 3.8) is 0 Å². The minimum absolute atomic E-state index is 0.463. The molecule has 0 aliphatic rings. The fourth-order valence-corrected chi connectivity index (χ4v) is 3.50. The van der Waals surface area contributed by atoms with Crippen LogP contribution in [0.2, 0.25) is 0 Å². The van der Waals surface area contributed by atoms with Gasteiger partial charge in [-0.25, -0.2) is 0 Å². The van der Waals surface area contributed by atoms with E-state index in [1.165, 1.54) is 11.3 Å². The van der Waals surface area contributed by atoms with Crippen molar-refractivity contribution in [2.75, 3.05) is 0 Å². The number of carbonyl (C=O) groups excluding carboxylic acids is 1. The van der Waals surface area contributed by atoms with Crippen LogP contribution in [0.1, 0.15) is 15.2 Å². The third-order valence-electron chi connectivity index (χ3n) is 2.02. The number of benzene rings is 1. The molecule has 0 unspecified atom stereocenters. The van der Waals surface area contributed by atoms with Crippen molar-refractivity contribution in [1.29, 1.82) is 0 Å². The molecule has 0 saturated carbocycles. The molecule has 0 spiro atoms. The second-order valence-electron chi connectivity index (χ2n) is 2.82.